The molecule has 0 heteroatoms. The van der Waals surface area contributed by atoms with E-state index in [-0.39, 0.29) is 0 Å². The van der Waals surface area contributed by atoms with Crippen LogP contribution in [0.5, 0.6) is 0 Å². The second-order valence-electron chi connectivity index (χ2n) is 6.68. The molecule has 1 rings (SSSR count). The van der Waals surface area contributed by atoms with Crippen molar-refractivity contribution < 1.29 is 0 Å². The average Bonchev–Trinajstić information content (AvgIpc) is 3.04. The van der Waals surface area contributed by atoms with Crippen molar-refractivity contribution >= 4 is 0 Å². The molecule has 102 valence electrons. The van der Waals surface area contributed by atoms with Crippen LogP contribution in [0.4, 0.5) is 0 Å². The lowest BCUT2D eigenvalue weighted by Gasteiger charge is -2.14. The number of hydrogen-bond acceptors (Lipinski definition) is 0. The average molecular weight is 238 g/mol. The van der Waals surface area contributed by atoms with E-state index in [0.29, 0.717) is 0 Å². The number of rotatable bonds is 10. The predicted molar refractivity (Wildman–Crippen MR) is 78.2 cm³/mol. The monoisotopic (exact) mass is 238 g/mol. The highest BCUT2D eigenvalue weighted by Gasteiger charge is 2.36. The van der Waals surface area contributed by atoms with Crippen molar-refractivity contribution in [1.29, 1.82) is 0 Å². The number of unbranched alkanes of at least 4 members (excludes halogenated alkanes) is 2. The summed E-state index contributed by atoms with van der Waals surface area (Å²) >= 11 is 0. The molecule has 0 nitrogen and oxygen atoms in total. The third-order valence-corrected chi connectivity index (χ3v) is 4.80. The Morgan fingerprint density at radius 1 is 0.941 bits per heavy atom. The van der Waals surface area contributed by atoms with Crippen LogP contribution in [0.2, 0.25) is 0 Å². The van der Waals surface area contributed by atoms with E-state index in [2.05, 4.69) is 27.7 Å². The SMILES string of the molecule is CCCCCC1CC1CC(C)CCC(C)CC. The highest BCUT2D eigenvalue weighted by molar-refractivity contribution is 4.87. The molecule has 0 aromatic heterocycles. The fourth-order valence-corrected chi connectivity index (χ4v) is 3.02. The summed E-state index contributed by atoms with van der Waals surface area (Å²) in [6.45, 7) is 9.50. The van der Waals surface area contributed by atoms with Crippen LogP contribution in [0.25, 0.3) is 0 Å². The zero-order chi connectivity index (χ0) is 12.7. The Morgan fingerprint density at radius 2 is 1.65 bits per heavy atom. The van der Waals surface area contributed by atoms with Crippen molar-refractivity contribution in [1.82, 2.24) is 0 Å². The first-order valence-corrected chi connectivity index (χ1v) is 8.17. The molecule has 0 radical (unpaired) electrons. The van der Waals surface area contributed by atoms with Crippen molar-refractivity contribution in [3.63, 3.8) is 0 Å². The summed E-state index contributed by atoms with van der Waals surface area (Å²) < 4.78 is 0. The van der Waals surface area contributed by atoms with E-state index in [1.54, 1.807) is 6.42 Å². The fourth-order valence-electron chi connectivity index (χ4n) is 3.02. The minimum atomic E-state index is 0.942. The van der Waals surface area contributed by atoms with Crippen molar-refractivity contribution in [3.8, 4) is 0 Å². The Balaban J connectivity index is 1.99. The molecule has 0 amide bonds. The van der Waals surface area contributed by atoms with Crippen LogP contribution in [0.3, 0.4) is 0 Å². The molecule has 0 aromatic carbocycles. The van der Waals surface area contributed by atoms with Crippen molar-refractivity contribution in [2.75, 3.05) is 0 Å². The molecular weight excluding hydrogens is 204 g/mol. The minimum absolute atomic E-state index is 0.942. The summed E-state index contributed by atoms with van der Waals surface area (Å²) in [6.07, 6.45) is 13.2. The molecule has 1 aliphatic carbocycles. The molecule has 1 saturated carbocycles. The zero-order valence-corrected chi connectivity index (χ0v) is 12.7. The lowest BCUT2D eigenvalue weighted by atomic mass is 9.92. The second-order valence-corrected chi connectivity index (χ2v) is 6.68. The normalized spacial score (nSPS) is 26.8. The highest BCUT2D eigenvalue weighted by Crippen LogP contribution is 2.46. The first-order chi connectivity index (χ1) is 8.17. The van der Waals surface area contributed by atoms with E-state index >= 15 is 0 Å². The first-order valence-electron chi connectivity index (χ1n) is 8.17. The van der Waals surface area contributed by atoms with Crippen molar-refractivity contribution in [3.05, 3.63) is 0 Å². The summed E-state index contributed by atoms with van der Waals surface area (Å²) in [5, 5.41) is 0. The van der Waals surface area contributed by atoms with E-state index in [1.807, 2.05) is 0 Å². The largest absolute Gasteiger partial charge is 0.0654 e. The van der Waals surface area contributed by atoms with Crippen LogP contribution in [0.1, 0.15) is 85.5 Å². The van der Waals surface area contributed by atoms with Crippen LogP contribution in [0, 0.1) is 23.7 Å². The Morgan fingerprint density at radius 3 is 2.29 bits per heavy atom. The third kappa shape index (κ3) is 6.48. The number of hydrogen-bond donors (Lipinski definition) is 0. The van der Waals surface area contributed by atoms with Crippen LogP contribution in [-0.4, -0.2) is 0 Å². The molecule has 0 saturated heterocycles. The van der Waals surface area contributed by atoms with Gasteiger partial charge in [0.15, 0.2) is 0 Å². The van der Waals surface area contributed by atoms with Gasteiger partial charge < -0.3 is 0 Å². The van der Waals surface area contributed by atoms with Crippen LogP contribution in [0.15, 0.2) is 0 Å². The molecule has 4 atom stereocenters. The van der Waals surface area contributed by atoms with Gasteiger partial charge in [-0.3, -0.25) is 0 Å². The molecule has 0 aliphatic heterocycles. The summed E-state index contributed by atoms with van der Waals surface area (Å²) in [7, 11) is 0. The molecule has 1 aliphatic rings. The van der Waals surface area contributed by atoms with Crippen LogP contribution in [-0.2, 0) is 0 Å². The van der Waals surface area contributed by atoms with Crippen molar-refractivity contribution in [2.24, 2.45) is 23.7 Å². The maximum absolute atomic E-state index is 2.48. The Hall–Kier alpha value is 0. The molecular formula is C17H34. The van der Waals surface area contributed by atoms with Gasteiger partial charge in [-0.1, -0.05) is 72.6 Å². The second kappa shape index (κ2) is 8.16. The molecule has 4 unspecified atom stereocenters. The first kappa shape index (κ1) is 15.1. The lowest BCUT2D eigenvalue weighted by molar-refractivity contribution is 0.383. The van der Waals surface area contributed by atoms with Gasteiger partial charge in [-0.25, -0.2) is 0 Å². The van der Waals surface area contributed by atoms with E-state index in [9.17, 15) is 0 Å². The molecule has 1 fully saturated rings. The summed E-state index contributed by atoms with van der Waals surface area (Å²) in [6, 6.07) is 0. The van der Waals surface area contributed by atoms with Gasteiger partial charge in [0.1, 0.15) is 0 Å². The van der Waals surface area contributed by atoms with Crippen LogP contribution < -0.4 is 0 Å². The Labute approximate surface area is 110 Å². The van der Waals surface area contributed by atoms with Gasteiger partial charge in [0.05, 0.1) is 0 Å². The third-order valence-electron chi connectivity index (χ3n) is 4.80. The van der Waals surface area contributed by atoms with Gasteiger partial charge in [-0.05, 0) is 36.5 Å². The minimum Gasteiger partial charge on any atom is -0.0654 e. The topological polar surface area (TPSA) is 0 Å². The maximum Gasteiger partial charge on any atom is -0.0380 e. The quantitative estimate of drug-likeness (QED) is 0.406. The predicted octanol–water partition coefficient (Wildman–Crippen LogP) is 6.06. The zero-order valence-electron chi connectivity index (χ0n) is 12.7. The summed E-state index contributed by atoms with van der Waals surface area (Å²) in [4.78, 5) is 0. The Bertz CT molecular complexity index is 184. The van der Waals surface area contributed by atoms with Gasteiger partial charge in [-0.15, -0.1) is 0 Å². The van der Waals surface area contributed by atoms with Crippen LogP contribution >= 0.6 is 0 Å². The smallest absolute Gasteiger partial charge is 0.0380 e. The fraction of sp³-hybridized carbons (Fsp3) is 1.00. The molecule has 0 bridgehead atoms. The maximum atomic E-state index is 2.48. The Kier molecular flexibility index (Phi) is 7.23. The molecule has 0 aromatic rings. The standard InChI is InChI=1S/C17H34/c1-5-7-8-9-16-13-17(16)12-15(4)11-10-14(3)6-2/h14-17H,5-13H2,1-4H3. The molecule has 17 heavy (non-hydrogen) atoms. The van der Waals surface area contributed by atoms with E-state index in [4.69, 9.17) is 0 Å². The summed E-state index contributed by atoms with van der Waals surface area (Å²) in [5.74, 6) is 4.15. The van der Waals surface area contributed by atoms with E-state index < -0.39 is 0 Å². The molecule has 0 N–H and O–H groups in total. The summed E-state index contributed by atoms with van der Waals surface area (Å²) in [5.41, 5.74) is 0. The van der Waals surface area contributed by atoms with E-state index in [0.717, 1.165) is 23.7 Å². The van der Waals surface area contributed by atoms with Crippen molar-refractivity contribution in [2.45, 2.75) is 85.5 Å². The molecule has 0 spiro atoms. The van der Waals surface area contributed by atoms with Gasteiger partial charge in [0.2, 0.25) is 0 Å². The van der Waals surface area contributed by atoms with Gasteiger partial charge in [0.25, 0.3) is 0 Å². The van der Waals surface area contributed by atoms with Gasteiger partial charge >= 0.3 is 0 Å². The molecule has 0 heterocycles. The lowest BCUT2D eigenvalue weighted by Crippen LogP contribution is -2.01. The van der Waals surface area contributed by atoms with Gasteiger partial charge in [0, 0.05) is 0 Å². The van der Waals surface area contributed by atoms with Gasteiger partial charge in [-0.2, -0.15) is 0 Å². The highest BCUT2D eigenvalue weighted by atomic mass is 14.4. The van der Waals surface area contributed by atoms with E-state index in [1.165, 1.54) is 51.4 Å².